The number of furan rings is 1. The average molecular weight is 177 g/mol. The molecule has 0 atom stereocenters. The van der Waals surface area contributed by atoms with Gasteiger partial charge in [0, 0.05) is 5.56 Å². The molecule has 1 N–H and O–H groups in total. The van der Waals surface area contributed by atoms with Crippen LogP contribution in [0.25, 0.3) is 0 Å². The highest BCUT2D eigenvalue weighted by molar-refractivity contribution is 5.82. The third-order valence-electron chi connectivity index (χ3n) is 1.19. The molecule has 0 radical (unpaired) electrons. The Morgan fingerprint density at radius 1 is 1.85 bits per heavy atom. The Kier molecular flexibility index (Phi) is 3.27. The summed E-state index contributed by atoms with van der Waals surface area (Å²) in [5.74, 6) is -0.428. The molecule has 1 amide bonds. The van der Waals surface area contributed by atoms with Gasteiger partial charge in [-0.15, -0.1) is 0 Å². The van der Waals surface area contributed by atoms with Crippen molar-refractivity contribution >= 4 is 12.1 Å². The molecule has 5 nitrogen and oxygen atoms in total. The molecule has 1 rings (SSSR count). The third kappa shape index (κ3) is 3.20. The van der Waals surface area contributed by atoms with E-state index in [0.29, 0.717) is 0 Å². The topological polar surface area (TPSA) is 78.4 Å². The molecule has 0 aliphatic carbocycles. The van der Waals surface area contributed by atoms with Crippen LogP contribution in [0.2, 0.25) is 0 Å². The fourth-order valence-electron chi connectivity index (χ4n) is 0.639. The van der Waals surface area contributed by atoms with E-state index < -0.39 is 5.91 Å². The predicted molar refractivity (Wildman–Crippen MR) is 44.7 cm³/mol. The minimum absolute atomic E-state index is 0.192. The number of rotatable bonds is 3. The van der Waals surface area contributed by atoms with E-state index in [9.17, 15) is 4.79 Å². The van der Waals surface area contributed by atoms with Crippen molar-refractivity contribution in [2.24, 2.45) is 5.10 Å². The van der Waals surface area contributed by atoms with Crippen LogP contribution < -0.4 is 5.43 Å². The SMILES string of the molecule is N#CCC(=O)N/N=C\c1ccoc1. The van der Waals surface area contributed by atoms with Crippen LogP contribution in [-0.2, 0) is 4.79 Å². The molecule has 0 spiro atoms. The van der Waals surface area contributed by atoms with E-state index in [1.165, 1.54) is 18.7 Å². The molecule has 0 unspecified atom stereocenters. The van der Waals surface area contributed by atoms with Gasteiger partial charge in [0.1, 0.15) is 6.42 Å². The molecule has 1 aromatic heterocycles. The lowest BCUT2D eigenvalue weighted by atomic mass is 10.4. The van der Waals surface area contributed by atoms with Gasteiger partial charge in [0.15, 0.2) is 0 Å². The monoisotopic (exact) mass is 177 g/mol. The van der Waals surface area contributed by atoms with E-state index in [4.69, 9.17) is 9.68 Å². The first-order valence-electron chi connectivity index (χ1n) is 3.54. The number of hydrogen-bond donors (Lipinski definition) is 1. The number of nitrogens with zero attached hydrogens (tertiary/aromatic N) is 2. The maximum Gasteiger partial charge on any atom is 0.254 e. The van der Waals surface area contributed by atoms with Crippen molar-refractivity contribution in [3.63, 3.8) is 0 Å². The molecule has 5 heteroatoms. The van der Waals surface area contributed by atoms with E-state index in [-0.39, 0.29) is 6.42 Å². The lowest BCUT2D eigenvalue weighted by Gasteiger charge is -1.90. The summed E-state index contributed by atoms with van der Waals surface area (Å²) < 4.78 is 4.76. The van der Waals surface area contributed by atoms with Crippen molar-refractivity contribution in [2.75, 3.05) is 0 Å². The average Bonchev–Trinajstić information content (AvgIpc) is 2.57. The van der Waals surface area contributed by atoms with Crippen LogP contribution in [-0.4, -0.2) is 12.1 Å². The fourth-order valence-corrected chi connectivity index (χ4v) is 0.639. The number of amides is 1. The Morgan fingerprint density at radius 2 is 2.69 bits per heavy atom. The molecule has 66 valence electrons. The van der Waals surface area contributed by atoms with Gasteiger partial charge in [0.05, 0.1) is 24.8 Å². The van der Waals surface area contributed by atoms with Crippen LogP contribution >= 0.6 is 0 Å². The Labute approximate surface area is 74.7 Å². The highest BCUT2D eigenvalue weighted by Crippen LogP contribution is 1.94. The van der Waals surface area contributed by atoms with Gasteiger partial charge in [-0.25, -0.2) is 5.43 Å². The summed E-state index contributed by atoms with van der Waals surface area (Å²) in [6.07, 6.45) is 4.22. The molecule has 0 aliphatic heterocycles. The first-order chi connectivity index (χ1) is 6.33. The van der Waals surface area contributed by atoms with Gasteiger partial charge in [-0.1, -0.05) is 0 Å². The molecule has 1 heterocycles. The summed E-state index contributed by atoms with van der Waals surface area (Å²) in [6.45, 7) is 0. The van der Waals surface area contributed by atoms with Gasteiger partial charge in [-0.05, 0) is 6.07 Å². The van der Waals surface area contributed by atoms with Crippen molar-refractivity contribution in [1.29, 1.82) is 5.26 Å². The Hall–Kier alpha value is -2.09. The van der Waals surface area contributed by atoms with Gasteiger partial charge in [-0.2, -0.15) is 10.4 Å². The van der Waals surface area contributed by atoms with E-state index >= 15 is 0 Å². The predicted octanol–water partition coefficient (Wildman–Crippen LogP) is 0.643. The summed E-state index contributed by atoms with van der Waals surface area (Å²) in [4.78, 5) is 10.7. The Morgan fingerprint density at radius 3 is 3.31 bits per heavy atom. The van der Waals surface area contributed by atoms with Gasteiger partial charge in [0.2, 0.25) is 0 Å². The number of carbonyl (C=O) groups is 1. The number of hydrazone groups is 1. The van der Waals surface area contributed by atoms with Crippen LogP contribution in [0.3, 0.4) is 0 Å². The van der Waals surface area contributed by atoms with Crippen molar-refractivity contribution < 1.29 is 9.21 Å². The molecular weight excluding hydrogens is 170 g/mol. The second kappa shape index (κ2) is 4.72. The zero-order valence-electron chi connectivity index (χ0n) is 6.73. The second-order valence-electron chi connectivity index (χ2n) is 2.18. The van der Waals surface area contributed by atoms with Crippen LogP contribution in [0, 0.1) is 11.3 Å². The second-order valence-corrected chi connectivity index (χ2v) is 2.18. The number of carbonyl (C=O) groups excluding carboxylic acids is 1. The van der Waals surface area contributed by atoms with Crippen LogP contribution in [0.15, 0.2) is 28.1 Å². The van der Waals surface area contributed by atoms with Crippen LogP contribution in [0.4, 0.5) is 0 Å². The lowest BCUT2D eigenvalue weighted by Crippen LogP contribution is -2.15. The normalized spacial score (nSPS) is 9.77. The van der Waals surface area contributed by atoms with Gasteiger partial charge in [-0.3, -0.25) is 4.79 Å². The largest absolute Gasteiger partial charge is 0.472 e. The number of hydrogen-bond acceptors (Lipinski definition) is 4. The molecule has 0 saturated carbocycles. The molecule has 0 aliphatic rings. The van der Waals surface area contributed by atoms with Crippen molar-refractivity contribution in [3.05, 3.63) is 24.2 Å². The standard InChI is InChI=1S/C8H7N3O2/c9-3-1-8(12)11-10-5-7-2-4-13-6-7/h2,4-6H,1H2,(H,11,12)/b10-5-. The van der Waals surface area contributed by atoms with Gasteiger partial charge >= 0.3 is 0 Å². The first kappa shape index (κ1) is 9.00. The first-order valence-corrected chi connectivity index (χ1v) is 3.54. The van der Waals surface area contributed by atoms with E-state index in [1.54, 1.807) is 12.1 Å². The maximum atomic E-state index is 10.7. The van der Waals surface area contributed by atoms with Crippen LogP contribution in [0.5, 0.6) is 0 Å². The summed E-state index contributed by atoms with van der Waals surface area (Å²) in [5, 5.41) is 11.7. The zero-order chi connectivity index (χ0) is 9.52. The molecule has 0 fully saturated rings. The van der Waals surface area contributed by atoms with E-state index in [1.807, 2.05) is 0 Å². The number of nitriles is 1. The maximum absolute atomic E-state index is 10.7. The molecule has 0 aromatic carbocycles. The van der Waals surface area contributed by atoms with Crippen molar-refractivity contribution in [2.45, 2.75) is 6.42 Å². The summed E-state index contributed by atoms with van der Waals surface area (Å²) >= 11 is 0. The summed E-state index contributed by atoms with van der Waals surface area (Å²) in [7, 11) is 0. The van der Waals surface area contributed by atoms with Crippen molar-refractivity contribution in [1.82, 2.24) is 5.43 Å². The number of nitrogens with one attached hydrogen (secondary N) is 1. The molecule has 0 saturated heterocycles. The van der Waals surface area contributed by atoms with Crippen molar-refractivity contribution in [3.8, 4) is 6.07 Å². The minimum atomic E-state index is -0.428. The molecule has 0 bridgehead atoms. The molecule has 1 aromatic rings. The summed E-state index contributed by atoms with van der Waals surface area (Å²) in [6, 6.07) is 3.40. The Balaban J connectivity index is 2.35. The highest BCUT2D eigenvalue weighted by Gasteiger charge is 1.95. The third-order valence-corrected chi connectivity index (χ3v) is 1.19. The van der Waals surface area contributed by atoms with E-state index in [2.05, 4.69) is 10.5 Å². The zero-order valence-corrected chi connectivity index (χ0v) is 6.73. The molecule has 13 heavy (non-hydrogen) atoms. The van der Waals surface area contributed by atoms with Crippen LogP contribution in [0.1, 0.15) is 12.0 Å². The summed E-state index contributed by atoms with van der Waals surface area (Å²) in [5.41, 5.74) is 2.94. The smallest absolute Gasteiger partial charge is 0.254 e. The molecular formula is C8H7N3O2. The minimum Gasteiger partial charge on any atom is -0.472 e. The Bertz CT molecular complexity index is 335. The van der Waals surface area contributed by atoms with E-state index in [0.717, 1.165) is 5.56 Å². The van der Waals surface area contributed by atoms with Gasteiger partial charge < -0.3 is 4.42 Å². The van der Waals surface area contributed by atoms with Gasteiger partial charge in [0.25, 0.3) is 5.91 Å². The lowest BCUT2D eigenvalue weighted by molar-refractivity contribution is -0.120. The highest BCUT2D eigenvalue weighted by atomic mass is 16.3. The fraction of sp³-hybridized carbons (Fsp3) is 0.125. The quantitative estimate of drug-likeness (QED) is 0.543.